The van der Waals surface area contributed by atoms with Crippen molar-refractivity contribution in [1.29, 1.82) is 0 Å². The number of nitrogens with two attached hydrogens (primary N) is 2. The van der Waals surface area contributed by atoms with Crippen molar-refractivity contribution in [3.05, 3.63) is 64.7 Å². The summed E-state index contributed by atoms with van der Waals surface area (Å²) in [4.78, 5) is 0. The molecule has 0 fully saturated rings. The lowest BCUT2D eigenvalue weighted by molar-refractivity contribution is -0.655. The van der Waals surface area contributed by atoms with Crippen LogP contribution in [0.2, 0.25) is 0 Å². The van der Waals surface area contributed by atoms with Crippen LogP contribution in [0.5, 0.6) is 0 Å². The second-order valence-electron chi connectivity index (χ2n) is 7.85. The molecule has 4 rings (SSSR count). The Morgan fingerprint density at radius 3 is 2.24 bits per heavy atom. The lowest BCUT2D eigenvalue weighted by Gasteiger charge is -2.17. The van der Waals surface area contributed by atoms with Crippen molar-refractivity contribution >= 4 is 33.1 Å². The van der Waals surface area contributed by atoms with E-state index >= 15 is 0 Å². The average molecular weight is 450 g/mol. The van der Waals surface area contributed by atoms with Gasteiger partial charge in [-0.1, -0.05) is 17.7 Å². The molecule has 4 N–H and O–H groups in total. The van der Waals surface area contributed by atoms with Crippen LogP contribution in [-0.2, 0) is 6.54 Å². The zero-order chi connectivity index (χ0) is 20.2. The molecule has 3 aromatic carbocycles. The zero-order valence-corrected chi connectivity index (χ0v) is 19.3. The van der Waals surface area contributed by atoms with E-state index in [1.165, 1.54) is 44.1 Å². The molecule has 4 aromatic rings. The number of benzene rings is 3. The van der Waals surface area contributed by atoms with E-state index in [0.29, 0.717) is 0 Å². The smallest absolute Gasteiger partial charge is 0.221 e. The summed E-state index contributed by atoms with van der Waals surface area (Å²) in [6, 6.07) is 15.1. The Balaban J connectivity index is 0.00000240. The number of halogens is 1. The van der Waals surface area contributed by atoms with Crippen molar-refractivity contribution in [3.63, 3.8) is 0 Å². The second-order valence-corrected chi connectivity index (χ2v) is 7.85. The maximum Gasteiger partial charge on any atom is 0.221 e. The summed E-state index contributed by atoms with van der Waals surface area (Å²) in [5, 5.41) is 3.70. The van der Waals surface area contributed by atoms with E-state index in [9.17, 15) is 0 Å². The Morgan fingerprint density at radius 2 is 1.59 bits per heavy atom. The molecule has 0 spiro atoms. The molecule has 1 aromatic heterocycles. The summed E-state index contributed by atoms with van der Waals surface area (Å²) in [5.41, 5.74) is 22.7. The Labute approximate surface area is 183 Å². The van der Waals surface area contributed by atoms with E-state index in [2.05, 4.69) is 81.7 Å². The van der Waals surface area contributed by atoms with E-state index in [-0.39, 0.29) is 17.0 Å². The minimum atomic E-state index is 0. The first-order chi connectivity index (χ1) is 13.3. The van der Waals surface area contributed by atoms with Gasteiger partial charge < -0.3 is 28.4 Å². The van der Waals surface area contributed by atoms with Crippen LogP contribution in [0.25, 0.3) is 32.9 Å². The molecule has 0 bridgehead atoms. The maximum atomic E-state index is 6.46. The quantitative estimate of drug-likeness (QED) is 0.280. The normalized spacial score (nSPS) is 11.1. The fourth-order valence-corrected chi connectivity index (χ4v) is 4.56. The SMILES string of the molecule is CC[n+]1c(-c2cccc(C)c2)c2cc(N)cc(C)c2c2cc(C)c(N)c(C)c21.[Br-]. The van der Waals surface area contributed by atoms with Gasteiger partial charge in [-0.2, -0.15) is 4.57 Å². The topological polar surface area (TPSA) is 55.9 Å². The molecule has 3 nitrogen and oxygen atoms in total. The highest BCUT2D eigenvalue weighted by Gasteiger charge is 2.26. The van der Waals surface area contributed by atoms with Gasteiger partial charge in [0.1, 0.15) is 6.54 Å². The molecular formula is C25H28BrN3. The molecule has 0 saturated heterocycles. The van der Waals surface area contributed by atoms with Gasteiger partial charge in [0.05, 0.1) is 10.8 Å². The summed E-state index contributed by atoms with van der Waals surface area (Å²) in [6.45, 7) is 11.6. The summed E-state index contributed by atoms with van der Waals surface area (Å²) in [5.74, 6) is 0. The predicted molar refractivity (Wildman–Crippen MR) is 121 cm³/mol. The van der Waals surface area contributed by atoms with Crippen LogP contribution in [0.3, 0.4) is 0 Å². The minimum Gasteiger partial charge on any atom is -1.00 e. The van der Waals surface area contributed by atoms with Gasteiger partial charge in [0.15, 0.2) is 0 Å². The van der Waals surface area contributed by atoms with Gasteiger partial charge >= 0.3 is 0 Å². The Bertz CT molecular complexity index is 1260. The number of hydrogen-bond acceptors (Lipinski definition) is 2. The maximum absolute atomic E-state index is 6.46. The molecule has 0 aliphatic heterocycles. The number of hydrogen-bond donors (Lipinski definition) is 2. The highest BCUT2D eigenvalue weighted by atomic mass is 79.9. The van der Waals surface area contributed by atoms with Crippen LogP contribution in [0.1, 0.15) is 29.2 Å². The van der Waals surface area contributed by atoms with E-state index in [4.69, 9.17) is 11.5 Å². The minimum absolute atomic E-state index is 0. The van der Waals surface area contributed by atoms with E-state index in [1.54, 1.807) is 0 Å². The molecule has 0 aliphatic carbocycles. The second kappa shape index (κ2) is 7.68. The van der Waals surface area contributed by atoms with Crippen molar-refractivity contribution in [2.45, 2.75) is 41.2 Å². The molecule has 0 aliphatic rings. The van der Waals surface area contributed by atoms with Crippen molar-refractivity contribution in [1.82, 2.24) is 0 Å². The molecule has 0 saturated carbocycles. The third-order valence-electron chi connectivity index (χ3n) is 5.83. The number of rotatable bonds is 2. The van der Waals surface area contributed by atoms with Gasteiger partial charge in [-0.05, 0) is 76.1 Å². The Kier molecular flexibility index (Phi) is 5.59. The summed E-state index contributed by atoms with van der Waals surface area (Å²) in [6.07, 6.45) is 0. The summed E-state index contributed by atoms with van der Waals surface area (Å²) in [7, 11) is 0. The number of aryl methyl sites for hydroxylation is 5. The monoisotopic (exact) mass is 449 g/mol. The molecule has 1 heterocycles. The number of nitrogens with zero attached hydrogens (tertiary/aromatic N) is 1. The Morgan fingerprint density at radius 1 is 0.862 bits per heavy atom. The first-order valence-corrected chi connectivity index (χ1v) is 9.85. The molecule has 0 atom stereocenters. The third-order valence-corrected chi connectivity index (χ3v) is 5.83. The van der Waals surface area contributed by atoms with Gasteiger partial charge in [0.25, 0.3) is 0 Å². The molecule has 0 radical (unpaired) electrons. The largest absolute Gasteiger partial charge is 1.00 e. The van der Waals surface area contributed by atoms with Crippen molar-refractivity contribution in [2.75, 3.05) is 11.5 Å². The van der Waals surface area contributed by atoms with E-state index in [0.717, 1.165) is 29.0 Å². The lowest BCUT2D eigenvalue weighted by Crippen LogP contribution is -3.00. The van der Waals surface area contributed by atoms with Crippen molar-refractivity contribution < 1.29 is 21.5 Å². The fourth-order valence-electron chi connectivity index (χ4n) is 4.56. The molecule has 29 heavy (non-hydrogen) atoms. The van der Waals surface area contributed by atoms with Crippen LogP contribution in [-0.4, -0.2) is 0 Å². The number of aromatic nitrogens is 1. The lowest BCUT2D eigenvalue weighted by atomic mass is 9.92. The van der Waals surface area contributed by atoms with Crippen LogP contribution in [0, 0.1) is 27.7 Å². The molecule has 0 amide bonds. The molecular weight excluding hydrogens is 422 g/mol. The third kappa shape index (κ3) is 3.25. The summed E-state index contributed by atoms with van der Waals surface area (Å²) < 4.78 is 2.40. The van der Waals surface area contributed by atoms with Crippen molar-refractivity contribution in [2.24, 2.45) is 0 Å². The van der Waals surface area contributed by atoms with Crippen LogP contribution in [0.15, 0.2) is 42.5 Å². The van der Waals surface area contributed by atoms with Crippen LogP contribution < -0.4 is 33.0 Å². The molecule has 0 unspecified atom stereocenters. The Hall–Kier alpha value is -2.59. The highest BCUT2D eigenvalue weighted by molar-refractivity contribution is 6.12. The molecule has 150 valence electrons. The van der Waals surface area contributed by atoms with E-state index in [1.807, 2.05) is 0 Å². The van der Waals surface area contributed by atoms with Gasteiger partial charge in [-0.25, -0.2) is 0 Å². The summed E-state index contributed by atoms with van der Waals surface area (Å²) >= 11 is 0. The van der Waals surface area contributed by atoms with Gasteiger partial charge in [0, 0.05) is 27.9 Å². The predicted octanol–water partition coefficient (Wildman–Crippen LogP) is 2.37. The standard InChI is InChI=1S/C25H27N3.BrH/c1-6-28-24-17(5)23(27)16(4)12-20(24)22-15(3)11-19(26)13-21(22)25(28)18-9-7-8-14(2)10-18;/h7-13,27H,6,26H2,1-5H3;1H. The molecule has 4 heteroatoms. The first-order valence-electron chi connectivity index (χ1n) is 9.85. The average Bonchev–Trinajstić information content (AvgIpc) is 2.64. The zero-order valence-electron chi connectivity index (χ0n) is 17.7. The van der Waals surface area contributed by atoms with Crippen molar-refractivity contribution in [3.8, 4) is 11.3 Å². The van der Waals surface area contributed by atoms with Gasteiger partial charge in [-0.15, -0.1) is 0 Å². The number of fused-ring (bicyclic) bond motifs is 3. The highest BCUT2D eigenvalue weighted by Crippen LogP contribution is 2.38. The number of anilines is 2. The van der Waals surface area contributed by atoms with E-state index < -0.39 is 0 Å². The van der Waals surface area contributed by atoms with Crippen LogP contribution >= 0.6 is 0 Å². The number of nitrogen functional groups attached to an aromatic ring is 2. The van der Waals surface area contributed by atoms with Crippen LogP contribution in [0.4, 0.5) is 11.4 Å². The first kappa shape index (κ1) is 21.1. The van der Waals surface area contributed by atoms with Gasteiger partial charge in [-0.3, -0.25) is 0 Å². The fraction of sp³-hybridized carbons (Fsp3) is 0.240. The number of pyridine rings is 1. The van der Waals surface area contributed by atoms with Gasteiger partial charge in [0.2, 0.25) is 11.2 Å².